The van der Waals surface area contributed by atoms with Gasteiger partial charge in [-0.25, -0.2) is 4.68 Å². The zero-order valence-electron chi connectivity index (χ0n) is 12.1. The number of carbonyl (C=O) groups excluding carboxylic acids is 1. The molecule has 3 aromatic rings. The molecule has 3 rings (SSSR count). The van der Waals surface area contributed by atoms with Gasteiger partial charge in [-0.15, -0.1) is 11.3 Å². The third-order valence-corrected chi connectivity index (χ3v) is 4.14. The van der Waals surface area contributed by atoms with Crippen LogP contribution in [0.3, 0.4) is 0 Å². The van der Waals surface area contributed by atoms with Crippen molar-refractivity contribution in [2.24, 2.45) is 0 Å². The van der Waals surface area contributed by atoms with Gasteiger partial charge in [-0.2, -0.15) is 5.10 Å². The van der Waals surface area contributed by atoms with Crippen LogP contribution in [0.2, 0.25) is 0 Å². The van der Waals surface area contributed by atoms with Gasteiger partial charge >= 0.3 is 0 Å². The molecule has 1 N–H and O–H groups in total. The lowest BCUT2D eigenvalue weighted by atomic mass is 10.4. The largest absolute Gasteiger partial charge is 0.352 e. The fourth-order valence-electron chi connectivity index (χ4n) is 2.34. The van der Waals surface area contributed by atoms with E-state index in [9.17, 15) is 9.59 Å². The van der Waals surface area contributed by atoms with Crippen LogP contribution < -0.4 is 10.9 Å². The number of nitrogens with one attached hydrogen (secondary N) is 1. The van der Waals surface area contributed by atoms with E-state index in [0.29, 0.717) is 5.52 Å². The van der Waals surface area contributed by atoms with Crippen LogP contribution in [-0.2, 0) is 11.3 Å². The summed E-state index contributed by atoms with van der Waals surface area (Å²) >= 11 is 1.64. The Labute approximate surface area is 125 Å². The summed E-state index contributed by atoms with van der Waals surface area (Å²) in [5, 5.41) is 6.85. The number of fused-ring (bicyclic) bond motifs is 3. The number of carbonyl (C=O) groups is 1. The lowest BCUT2D eigenvalue weighted by Crippen LogP contribution is -2.37. The summed E-state index contributed by atoms with van der Waals surface area (Å²) < 4.78 is 4.03. The highest BCUT2D eigenvalue weighted by Gasteiger charge is 2.13. The second kappa shape index (κ2) is 5.00. The molecule has 7 heteroatoms. The smallest absolute Gasteiger partial charge is 0.291 e. The van der Waals surface area contributed by atoms with E-state index >= 15 is 0 Å². The molecule has 3 aromatic heterocycles. The van der Waals surface area contributed by atoms with Crippen molar-refractivity contribution < 1.29 is 4.79 Å². The fourth-order valence-corrected chi connectivity index (χ4v) is 3.29. The van der Waals surface area contributed by atoms with Crippen molar-refractivity contribution in [1.82, 2.24) is 19.5 Å². The van der Waals surface area contributed by atoms with E-state index in [4.69, 9.17) is 0 Å². The molecule has 0 aliphatic heterocycles. The standard InChI is InChI=1S/C14H16N4O2S/c1-8(2)16-13(19)6-18-14(20)11-5-12-10(4-9(3)21-12)17(11)7-15-18/h4-5,7-8H,6H2,1-3H3,(H,16,19). The van der Waals surface area contributed by atoms with Crippen molar-refractivity contribution in [3.05, 3.63) is 33.7 Å². The first-order valence-corrected chi connectivity index (χ1v) is 7.54. The molecule has 0 fully saturated rings. The van der Waals surface area contributed by atoms with Crippen molar-refractivity contribution in [1.29, 1.82) is 0 Å². The summed E-state index contributed by atoms with van der Waals surface area (Å²) in [4.78, 5) is 25.4. The predicted octanol–water partition coefficient (Wildman–Crippen LogP) is 1.54. The van der Waals surface area contributed by atoms with Gasteiger partial charge in [-0.1, -0.05) is 0 Å². The molecule has 0 spiro atoms. The van der Waals surface area contributed by atoms with Crippen LogP contribution in [0.1, 0.15) is 18.7 Å². The molecule has 0 atom stereocenters. The van der Waals surface area contributed by atoms with Crippen LogP contribution in [0.25, 0.3) is 15.7 Å². The monoisotopic (exact) mass is 304 g/mol. The summed E-state index contributed by atoms with van der Waals surface area (Å²) in [6.45, 7) is 5.72. The zero-order valence-corrected chi connectivity index (χ0v) is 12.9. The molecule has 0 saturated heterocycles. The van der Waals surface area contributed by atoms with Crippen molar-refractivity contribution in [3.63, 3.8) is 0 Å². The number of amides is 1. The van der Waals surface area contributed by atoms with Gasteiger partial charge in [-0.05, 0) is 32.9 Å². The molecule has 0 aromatic carbocycles. The number of rotatable bonds is 3. The third-order valence-electron chi connectivity index (χ3n) is 3.15. The van der Waals surface area contributed by atoms with Crippen molar-refractivity contribution in [2.75, 3.05) is 0 Å². The quantitative estimate of drug-likeness (QED) is 0.798. The summed E-state index contributed by atoms with van der Waals surface area (Å²) in [6, 6.07) is 3.93. The van der Waals surface area contributed by atoms with Crippen LogP contribution in [0.5, 0.6) is 0 Å². The van der Waals surface area contributed by atoms with E-state index in [1.807, 2.05) is 32.9 Å². The normalized spacial score (nSPS) is 11.6. The van der Waals surface area contributed by atoms with Crippen LogP contribution in [0, 0.1) is 6.92 Å². The van der Waals surface area contributed by atoms with E-state index in [2.05, 4.69) is 10.4 Å². The molecule has 3 heterocycles. The average Bonchev–Trinajstić information content (AvgIpc) is 2.88. The molecule has 0 bridgehead atoms. The van der Waals surface area contributed by atoms with E-state index < -0.39 is 0 Å². The van der Waals surface area contributed by atoms with Crippen LogP contribution >= 0.6 is 11.3 Å². The Hall–Kier alpha value is -2.15. The summed E-state index contributed by atoms with van der Waals surface area (Å²) in [5.41, 5.74) is 1.27. The number of aryl methyl sites for hydroxylation is 1. The highest BCUT2D eigenvalue weighted by Crippen LogP contribution is 2.26. The Morgan fingerprint density at radius 3 is 2.86 bits per heavy atom. The maximum atomic E-state index is 12.4. The molecule has 6 nitrogen and oxygen atoms in total. The number of nitrogens with zero attached hydrogens (tertiary/aromatic N) is 3. The first-order valence-electron chi connectivity index (χ1n) is 6.72. The molecule has 110 valence electrons. The lowest BCUT2D eigenvalue weighted by molar-refractivity contribution is -0.122. The number of aromatic nitrogens is 3. The first-order chi connectivity index (χ1) is 9.95. The van der Waals surface area contributed by atoms with E-state index in [0.717, 1.165) is 10.2 Å². The third kappa shape index (κ3) is 2.44. The van der Waals surface area contributed by atoms with Gasteiger partial charge in [0.25, 0.3) is 5.56 Å². The minimum absolute atomic E-state index is 0.0403. The second-order valence-corrected chi connectivity index (χ2v) is 6.61. The van der Waals surface area contributed by atoms with Crippen molar-refractivity contribution in [3.8, 4) is 0 Å². The molecule has 0 saturated carbocycles. The van der Waals surface area contributed by atoms with Gasteiger partial charge < -0.3 is 5.32 Å². The lowest BCUT2D eigenvalue weighted by Gasteiger charge is -2.09. The Kier molecular flexibility index (Phi) is 3.29. The van der Waals surface area contributed by atoms with Gasteiger partial charge in [0, 0.05) is 10.9 Å². The average molecular weight is 304 g/mol. The Balaban J connectivity index is 2.04. The summed E-state index contributed by atoms with van der Waals surface area (Å²) in [5.74, 6) is -0.215. The van der Waals surface area contributed by atoms with Crippen LogP contribution in [0.4, 0.5) is 0 Å². The van der Waals surface area contributed by atoms with Crippen molar-refractivity contribution >= 4 is 33.0 Å². The topological polar surface area (TPSA) is 68.4 Å². The minimum Gasteiger partial charge on any atom is -0.352 e. The van der Waals surface area contributed by atoms with E-state index in [-0.39, 0.29) is 24.1 Å². The Morgan fingerprint density at radius 2 is 2.14 bits per heavy atom. The van der Waals surface area contributed by atoms with Crippen LogP contribution in [-0.4, -0.2) is 26.1 Å². The summed E-state index contributed by atoms with van der Waals surface area (Å²) in [7, 11) is 0. The molecular weight excluding hydrogens is 288 g/mol. The van der Waals surface area contributed by atoms with E-state index in [1.165, 1.54) is 9.56 Å². The molecule has 0 aliphatic rings. The molecule has 1 amide bonds. The van der Waals surface area contributed by atoms with Gasteiger partial charge in [0.2, 0.25) is 5.91 Å². The summed E-state index contributed by atoms with van der Waals surface area (Å²) in [6.07, 6.45) is 1.59. The van der Waals surface area contributed by atoms with E-state index in [1.54, 1.807) is 22.1 Å². The number of hydrogen-bond donors (Lipinski definition) is 1. The maximum absolute atomic E-state index is 12.4. The maximum Gasteiger partial charge on any atom is 0.291 e. The number of thiophene rings is 1. The molecule has 0 radical (unpaired) electrons. The Morgan fingerprint density at radius 1 is 1.38 bits per heavy atom. The SMILES string of the molecule is Cc1cc2c(cc3c(=O)n(CC(=O)NC(C)C)ncn32)s1. The van der Waals surface area contributed by atoms with Gasteiger partial charge in [0.15, 0.2) is 0 Å². The molecule has 0 unspecified atom stereocenters. The minimum atomic E-state index is -0.252. The van der Waals surface area contributed by atoms with Gasteiger partial charge in [0.05, 0.1) is 10.2 Å². The molecule has 21 heavy (non-hydrogen) atoms. The second-order valence-electron chi connectivity index (χ2n) is 5.32. The van der Waals surface area contributed by atoms with Crippen LogP contribution in [0.15, 0.2) is 23.3 Å². The first kappa shape index (κ1) is 13.8. The molecule has 0 aliphatic carbocycles. The van der Waals surface area contributed by atoms with Gasteiger partial charge in [0.1, 0.15) is 18.4 Å². The highest BCUT2D eigenvalue weighted by atomic mass is 32.1. The van der Waals surface area contributed by atoms with Gasteiger partial charge in [-0.3, -0.25) is 14.0 Å². The number of hydrogen-bond acceptors (Lipinski definition) is 4. The predicted molar refractivity (Wildman–Crippen MR) is 82.9 cm³/mol. The highest BCUT2D eigenvalue weighted by molar-refractivity contribution is 7.19. The molecular formula is C14H16N4O2S. The van der Waals surface area contributed by atoms with Crippen molar-refractivity contribution in [2.45, 2.75) is 33.4 Å². The fraction of sp³-hybridized carbons (Fsp3) is 0.357. The Bertz CT molecular complexity index is 888. The zero-order chi connectivity index (χ0) is 15.1.